The molecule has 0 aliphatic carbocycles. The van der Waals surface area contributed by atoms with Crippen molar-refractivity contribution in [1.82, 2.24) is 10.7 Å². The van der Waals surface area contributed by atoms with Gasteiger partial charge < -0.3 is 24.4 Å². The third-order valence-corrected chi connectivity index (χ3v) is 4.06. The van der Waals surface area contributed by atoms with E-state index in [2.05, 4.69) is 15.8 Å². The number of hydrogen-bond acceptors (Lipinski definition) is 6. The maximum absolute atomic E-state index is 8.58. The lowest BCUT2D eigenvalue weighted by molar-refractivity contribution is -0.906. The molecule has 1 fully saturated rings. The van der Waals surface area contributed by atoms with Gasteiger partial charge in [0.1, 0.15) is 19.2 Å². The van der Waals surface area contributed by atoms with Gasteiger partial charge in [0.15, 0.2) is 23.2 Å². The van der Waals surface area contributed by atoms with Gasteiger partial charge in [-0.15, -0.1) is 0 Å². The van der Waals surface area contributed by atoms with Crippen LogP contribution < -0.4 is 25.1 Å². The molecule has 0 radical (unpaired) electrons. The number of nitriles is 1. The highest BCUT2D eigenvalue weighted by molar-refractivity contribution is 7.80. The number of nitrogens with one attached hydrogen (secondary N) is 3. The molecule has 0 aromatic heterocycles. The molecule has 140 valence electrons. The number of hydrazone groups is 1. The SMILES string of the molecule is COc1cc(/C=N\NC(=S)NCC[NH+]2CCOCC2)ccc1OCC#N. The second-order valence-electron chi connectivity index (χ2n) is 5.60. The molecule has 0 spiro atoms. The second kappa shape index (κ2) is 11.3. The average molecular weight is 378 g/mol. The number of ether oxygens (including phenoxy) is 3. The van der Waals surface area contributed by atoms with E-state index in [1.54, 1.807) is 25.5 Å². The summed E-state index contributed by atoms with van der Waals surface area (Å²) in [5.74, 6) is 1.06. The van der Waals surface area contributed by atoms with Gasteiger partial charge in [-0.3, -0.25) is 5.43 Å². The average Bonchev–Trinajstić information content (AvgIpc) is 2.67. The highest BCUT2D eigenvalue weighted by Crippen LogP contribution is 2.27. The van der Waals surface area contributed by atoms with E-state index >= 15 is 0 Å². The Morgan fingerprint density at radius 2 is 2.23 bits per heavy atom. The van der Waals surface area contributed by atoms with E-state index in [-0.39, 0.29) is 6.61 Å². The zero-order valence-corrected chi connectivity index (χ0v) is 15.6. The Kier molecular flexibility index (Phi) is 8.62. The Balaban J connectivity index is 1.74. The minimum absolute atomic E-state index is 0.0303. The van der Waals surface area contributed by atoms with Crippen LogP contribution in [-0.2, 0) is 4.74 Å². The number of benzene rings is 1. The van der Waals surface area contributed by atoms with Crippen LogP contribution in [0.3, 0.4) is 0 Å². The molecule has 26 heavy (non-hydrogen) atoms. The second-order valence-corrected chi connectivity index (χ2v) is 6.00. The van der Waals surface area contributed by atoms with Crippen LogP contribution >= 0.6 is 12.2 Å². The minimum Gasteiger partial charge on any atom is -0.493 e. The van der Waals surface area contributed by atoms with Crippen molar-refractivity contribution in [3.05, 3.63) is 23.8 Å². The van der Waals surface area contributed by atoms with Gasteiger partial charge >= 0.3 is 0 Å². The summed E-state index contributed by atoms with van der Waals surface area (Å²) < 4.78 is 15.9. The van der Waals surface area contributed by atoms with Gasteiger partial charge in [0.2, 0.25) is 0 Å². The molecule has 0 bridgehead atoms. The number of thiocarbonyl (C=S) groups is 1. The van der Waals surface area contributed by atoms with Gasteiger partial charge in [-0.1, -0.05) is 0 Å². The number of hydrogen-bond donors (Lipinski definition) is 3. The first-order valence-electron chi connectivity index (χ1n) is 8.39. The summed E-state index contributed by atoms with van der Waals surface area (Å²) in [6.07, 6.45) is 1.64. The van der Waals surface area contributed by atoms with Crippen LogP contribution in [0.2, 0.25) is 0 Å². The summed E-state index contributed by atoms with van der Waals surface area (Å²) >= 11 is 5.21. The van der Waals surface area contributed by atoms with Crippen LogP contribution in [0.1, 0.15) is 5.56 Å². The van der Waals surface area contributed by atoms with E-state index in [0.29, 0.717) is 16.6 Å². The standard InChI is InChI=1S/C17H23N5O3S/c1-23-16-12-14(2-3-15(16)25-9-4-18)13-20-21-17(26)19-5-6-22-7-10-24-11-8-22/h2-3,12-13H,5-11H2,1H3,(H2,19,21,26)/p+1/b20-13-. The van der Waals surface area contributed by atoms with Crippen molar-refractivity contribution in [3.8, 4) is 17.6 Å². The largest absolute Gasteiger partial charge is 0.493 e. The molecule has 3 N–H and O–H groups in total. The van der Waals surface area contributed by atoms with Gasteiger partial charge in [0.05, 0.1) is 39.6 Å². The number of quaternary nitrogens is 1. The van der Waals surface area contributed by atoms with Crippen LogP contribution in [0.25, 0.3) is 0 Å². The molecule has 0 atom stereocenters. The van der Waals surface area contributed by atoms with Crippen molar-refractivity contribution >= 4 is 23.5 Å². The van der Waals surface area contributed by atoms with E-state index in [4.69, 9.17) is 31.7 Å². The van der Waals surface area contributed by atoms with Gasteiger partial charge in [-0.05, 0) is 36.0 Å². The van der Waals surface area contributed by atoms with Crippen molar-refractivity contribution in [1.29, 1.82) is 5.26 Å². The first-order chi connectivity index (χ1) is 12.7. The van der Waals surface area contributed by atoms with Crippen LogP contribution in [-0.4, -0.2) is 64.4 Å². The molecule has 2 rings (SSSR count). The van der Waals surface area contributed by atoms with Crippen molar-refractivity contribution in [3.63, 3.8) is 0 Å². The van der Waals surface area contributed by atoms with Crippen LogP contribution in [0, 0.1) is 11.3 Å². The van der Waals surface area contributed by atoms with Crippen molar-refractivity contribution in [2.45, 2.75) is 0 Å². The Morgan fingerprint density at radius 3 is 2.96 bits per heavy atom. The van der Waals surface area contributed by atoms with Crippen molar-refractivity contribution < 1.29 is 19.1 Å². The molecule has 1 aliphatic heterocycles. The fourth-order valence-corrected chi connectivity index (χ4v) is 2.62. The van der Waals surface area contributed by atoms with Gasteiger partial charge in [0, 0.05) is 0 Å². The monoisotopic (exact) mass is 378 g/mol. The van der Waals surface area contributed by atoms with E-state index in [0.717, 1.165) is 45.0 Å². The maximum atomic E-state index is 8.58. The van der Waals surface area contributed by atoms with E-state index in [1.165, 1.54) is 4.90 Å². The lowest BCUT2D eigenvalue weighted by atomic mass is 10.2. The lowest BCUT2D eigenvalue weighted by Crippen LogP contribution is -3.14. The number of morpholine rings is 1. The fraction of sp³-hybridized carbons (Fsp3) is 0.471. The predicted octanol–water partition coefficient (Wildman–Crippen LogP) is -0.689. The summed E-state index contributed by atoms with van der Waals surface area (Å²) in [6.45, 7) is 5.48. The molecule has 0 amide bonds. The summed E-state index contributed by atoms with van der Waals surface area (Å²) in [5.41, 5.74) is 3.61. The topological polar surface area (TPSA) is 92.3 Å². The molecule has 1 aliphatic rings. The summed E-state index contributed by atoms with van der Waals surface area (Å²) in [5, 5.41) is 16.3. The molecular formula is C17H24N5O3S+. The molecule has 1 aromatic rings. The normalized spacial score (nSPS) is 14.6. The Hall–Kier alpha value is -2.41. The maximum Gasteiger partial charge on any atom is 0.187 e. The molecule has 8 nitrogen and oxygen atoms in total. The minimum atomic E-state index is -0.0303. The third kappa shape index (κ3) is 6.84. The van der Waals surface area contributed by atoms with E-state index < -0.39 is 0 Å². The van der Waals surface area contributed by atoms with Crippen LogP contribution in [0.5, 0.6) is 11.5 Å². The molecule has 1 saturated heterocycles. The zero-order chi connectivity index (χ0) is 18.6. The van der Waals surface area contributed by atoms with E-state index in [1.807, 2.05) is 12.1 Å². The lowest BCUT2D eigenvalue weighted by Gasteiger charge is -2.23. The number of rotatable bonds is 8. The Morgan fingerprint density at radius 1 is 1.42 bits per heavy atom. The third-order valence-electron chi connectivity index (χ3n) is 3.82. The fourth-order valence-electron chi connectivity index (χ4n) is 2.46. The number of methoxy groups -OCH3 is 1. The molecule has 0 unspecified atom stereocenters. The molecule has 1 heterocycles. The van der Waals surface area contributed by atoms with Crippen molar-refractivity contribution in [2.75, 3.05) is 53.1 Å². The first kappa shape index (κ1) is 19.9. The van der Waals surface area contributed by atoms with Gasteiger partial charge in [-0.25, -0.2) is 0 Å². The van der Waals surface area contributed by atoms with Crippen LogP contribution in [0.4, 0.5) is 0 Å². The number of nitrogens with zero attached hydrogens (tertiary/aromatic N) is 2. The van der Waals surface area contributed by atoms with Crippen molar-refractivity contribution in [2.24, 2.45) is 5.10 Å². The Bertz CT molecular complexity index is 656. The van der Waals surface area contributed by atoms with Gasteiger partial charge in [-0.2, -0.15) is 10.4 Å². The molecule has 1 aromatic carbocycles. The predicted molar refractivity (Wildman–Crippen MR) is 102 cm³/mol. The van der Waals surface area contributed by atoms with Gasteiger partial charge in [0.25, 0.3) is 0 Å². The highest BCUT2D eigenvalue weighted by Gasteiger charge is 2.12. The molecule has 9 heteroatoms. The zero-order valence-electron chi connectivity index (χ0n) is 14.8. The smallest absolute Gasteiger partial charge is 0.187 e. The summed E-state index contributed by atoms with van der Waals surface area (Å²) in [4.78, 5) is 1.51. The van der Waals surface area contributed by atoms with E-state index in [9.17, 15) is 0 Å². The quantitative estimate of drug-likeness (QED) is 0.313. The molecular weight excluding hydrogens is 354 g/mol. The summed E-state index contributed by atoms with van der Waals surface area (Å²) in [6, 6.07) is 7.25. The summed E-state index contributed by atoms with van der Waals surface area (Å²) in [7, 11) is 1.54. The Labute approximate surface area is 158 Å². The highest BCUT2D eigenvalue weighted by atomic mass is 32.1. The van der Waals surface area contributed by atoms with Crippen LogP contribution in [0.15, 0.2) is 23.3 Å². The molecule has 0 saturated carbocycles. The first-order valence-corrected chi connectivity index (χ1v) is 8.79.